The largest absolute Gasteiger partial charge is 0.466 e. The topological polar surface area (TPSA) is 38.3 Å². The van der Waals surface area contributed by atoms with E-state index >= 15 is 0 Å². The molecule has 3 nitrogen and oxygen atoms in total. The third kappa shape index (κ3) is 2.76. The lowest BCUT2D eigenvalue weighted by Gasteiger charge is -2.29. The van der Waals surface area contributed by atoms with E-state index in [1.807, 2.05) is 20.8 Å². The number of carbonyl (C=O) groups is 1. The fourth-order valence-electron chi connectivity index (χ4n) is 2.56. The van der Waals surface area contributed by atoms with E-state index in [-0.39, 0.29) is 11.4 Å². The summed E-state index contributed by atoms with van der Waals surface area (Å²) in [5.41, 5.74) is -0.0713. The molecule has 1 aliphatic carbocycles. The van der Waals surface area contributed by atoms with E-state index in [1.165, 1.54) is 0 Å². The number of nitrogens with one attached hydrogen (secondary N) is 1. The van der Waals surface area contributed by atoms with E-state index in [0.29, 0.717) is 12.5 Å². The van der Waals surface area contributed by atoms with Crippen LogP contribution < -0.4 is 5.32 Å². The Morgan fingerprint density at radius 2 is 1.88 bits per heavy atom. The van der Waals surface area contributed by atoms with E-state index in [2.05, 4.69) is 5.32 Å². The summed E-state index contributed by atoms with van der Waals surface area (Å²) in [4.78, 5) is 11.8. The minimum absolute atomic E-state index is 0.0619. The van der Waals surface area contributed by atoms with Crippen molar-refractivity contribution in [1.82, 2.24) is 5.32 Å². The molecule has 0 spiro atoms. The van der Waals surface area contributed by atoms with E-state index < -0.39 is 0 Å². The van der Waals surface area contributed by atoms with Crippen molar-refractivity contribution in [3.05, 3.63) is 0 Å². The Bertz CT molecular complexity index is 218. The highest BCUT2D eigenvalue weighted by molar-refractivity contribution is 5.80. The van der Waals surface area contributed by atoms with Gasteiger partial charge in [-0.05, 0) is 51.6 Å². The van der Waals surface area contributed by atoms with Crippen LogP contribution >= 0.6 is 0 Å². The van der Waals surface area contributed by atoms with Gasteiger partial charge >= 0.3 is 5.97 Å². The van der Waals surface area contributed by atoms with Gasteiger partial charge in [0.2, 0.25) is 0 Å². The molecule has 1 N–H and O–H groups in total. The second-order valence-electron chi connectivity index (χ2n) is 4.40. The van der Waals surface area contributed by atoms with Crippen LogP contribution in [0.25, 0.3) is 0 Å². The van der Waals surface area contributed by atoms with Crippen LogP contribution in [0.4, 0.5) is 0 Å². The molecule has 0 aromatic heterocycles. The molecule has 1 aliphatic heterocycles. The first-order chi connectivity index (χ1) is 7.79. The maximum atomic E-state index is 11.8. The van der Waals surface area contributed by atoms with Crippen LogP contribution in [-0.2, 0) is 9.53 Å². The Labute approximate surface area is 98.9 Å². The molecule has 3 heteroatoms. The molecular weight excluding hydrogens is 202 g/mol. The van der Waals surface area contributed by atoms with E-state index in [4.69, 9.17) is 4.74 Å². The van der Waals surface area contributed by atoms with Crippen molar-refractivity contribution in [3.8, 4) is 0 Å². The van der Waals surface area contributed by atoms with Gasteiger partial charge in [0.15, 0.2) is 0 Å². The summed E-state index contributed by atoms with van der Waals surface area (Å²) in [6.45, 7) is 8.53. The first kappa shape index (κ1) is 13.5. The number of ether oxygens (including phenoxy) is 1. The lowest BCUT2D eigenvalue weighted by Crippen LogP contribution is -2.36. The van der Waals surface area contributed by atoms with Gasteiger partial charge in [0, 0.05) is 0 Å². The van der Waals surface area contributed by atoms with Crippen LogP contribution in [0.2, 0.25) is 0 Å². The Kier molecular flexibility index (Phi) is 5.26. The van der Waals surface area contributed by atoms with E-state index in [9.17, 15) is 4.79 Å². The predicted octanol–water partition coefficient (Wildman–Crippen LogP) is 2.36. The van der Waals surface area contributed by atoms with Gasteiger partial charge in [0.25, 0.3) is 0 Å². The summed E-state index contributed by atoms with van der Waals surface area (Å²) in [7, 11) is 0. The maximum Gasteiger partial charge on any atom is 0.312 e. The van der Waals surface area contributed by atoms with Crippen molar-refractivity contribution in [2.75, 3.05) is 19.7 Å². The predicted molar refractivity (Wildman–Crippen MR) is 65.2 cm³/mol. The Hall–Kier alpha value is -0.570. The number of carbonyl (C=O) groups excluding carboxylic acids is 1. The average molecular weight is 227 g/mol. The van der Waals surface area contributed by atoms with Crippen LogP contribution in [0.5, 0.6) is 0 Å². The molecule has 2 fully saturated rings. The average Bonchev–Trinajstić information content (AvgIpc) is 3.14. The molecule has 1 saturated carbocycles. The summed E-state index contributed by atoms with van der Waals surface area (Å²) < 4.78 is 5.16. The molecule has 0 unspecified atom stereocenters. The second kappa shape index (κ2) is 6.24. The molecule has 0 aromatic carbocycles. The fraction of sp³-hybridized carbons (Fsp3) is 0.923. The normalized spacial score (nSPS) is 22.9. The van der Waals surface area contributed by atoms with Crippen LogP contribution in [0.15, 0.2) is 0 Å². The highest BCUT2D eigenvalue weighted by Crippen LogP contribution is 2.55. The van der Waals surface area contributed by atoms with Gasteiger partial charge in [-0.15, -0.1) is 0 Å². The first-order valence-corrected chi connectivity index (χ1v) is 6.67. The van der Waals surface area contributed by atoms with Crippen LogP contribution in [0, 0.1) is 11.3 Å². The van der Waals surface area contributed by atoms with E-state index in [1.54, 1.807) is 0 Å². The zero-order chi connectivity index (χ0) is 12.0. The quantitative estimate of drug-likeness (QED) is 0.752. The van der Waals surface area contributed by atoms with Gasteiger partial charge in [-0.3, -0.25) is 4.79 Å². The summed E-state index contributed by atoms with van der Waals surface area (Å²) in [5.74, 6) is 0.634. The molecule has 16 heavy (non-hydrogen) atoms. The molecule has 0 aromatic rings. The van der Waals surface area contributed by atoms with Gasteiger partial charge in [0.05, 0.1) is 12.0 Å². The number of piperidine rings is 1. The lowest BCUT2D eigenvalue weighted by molar-refractivity contribution is -0.152. The smallest absolute Gasteiger partial charge is 0.312 e. The van der Waals surface area contributed by atoms with Crippen molar-refractivity contribution in [2.45, 2.75) is 46.5 Å². The van der Waals surface area contributed by atoms with Gasteiger partial charge < -0.3 is 10.1 Å². The van der Waals surface area contributed by atoms with E-state index in [0.717, 1.165) is 38.8 Å². The third-order valence-corrected chi connectivity index (χ3v) is 3.59. The van der Waals surface area contributed by atoms with Crippen molar-refractivity contribution >= 4 is 5.97 Å². The van der Waals surface area contributed by atoms with Crippen molar-refractivity contribution in [3.63, 3.8) is 0 Å². The van der Waals surface area contributed by atoms with Gasteiger partial charge in [-0.2, -0.15) is 0 Å². The number of esters is 1. The molecule has 2 rings (SSSR count). The number of hydrogen-bond donors (Lipinski definition) is 1. The van der Waals surface area contributed by atoms with Gasteiger partial charge in [-0.1, -0.05) is 13.8 Å². The molecule has 0 atom stereocenters. The molecule has 1 saturated heterocycles. The van der Waals surface area contributed by atoms with Crippen molar-refractivity contribution < 1.29 is 9.53 Å². The minimum atomic E-state index is -0.0713. The minimum Gasteiger partial charge on any atom is -0.466 e. The molecule has 0 bridgehead atoms. The Balaban J connectivity index is 0.000000606. The maximum absolute atomic E-state index is 11.8. The van der Waals surface area contributed by atoms with Gasteiger partial charge in [0.1, 0.15) is 0 Å². The first-order valence-electron chi connectivity index (χ1n) is 6.67. The molecule has 94 valence electrons. The van der Waals surface area contributed by atoms with Crippen LogP contribution in [0.3, 0.4) is 0 Å². The summed E-state index contributed by atoms with van der Waals surface area (Å²) in [6.07, 6.45) is 4.38. The summed E-state index contributed by atoms with van der Waals surface area (Å²) in [6, 6.07) is 0. The summed E-state index contributed by atoms with van der Waals surface area (Å²) in [5, 5.41) is 3.33. The highest BCUT2D eigenvalue weighted by atomic mass is 16.5. The van der Waals surface area contributed by atoms with Crippen molar-refractivity contribution in [1.29, 1.82) is 0 Å². The molecular formula is C13H25NO2. The monoisotopic (exact) mass is 227 g/mol. The van der Waals surface area contributed by atoms with Crippen LogP contribution in [-0.4, -0.2) is 25.7 Å². The Morgan fingerprint density at radius 3 is 2.31 bits per heavy atom. The van der Waals surface area contributed by atoms with Crippen molar-refractivity contribution in [2.24, 2.45) is 11.3 Å². The zero-order valence-electron chi connectivity index (χ0n) is 10.8. The second-order valence-corrected chi connectivity index (χ2v) is 4.40. The Morgan fingerprint density at radius 1 is 1.31 bits per heavy atom. The number of rotatable bonds is 3. The van der Waals surface area contributed by atoms with Crippen LogP contribution in [0.1, 0.15) is 46.5 Å². The summed E-state index contributed by atoms with van der Waals surface area (Å²) >= 11 is 0. The molecule has 1 heterocycles. The third-order valence-electron chi connectivity index (χ3n) is 3.59. The standard InChI is InChI=1S/C11H19NO2.C2H6/c1-2-14-10(13)11(5-6-11)9-3-7-12-8-4-9;1-2/h9,12H,2-8H2,1H3;1-2H3. The highest BCUT2D eigenvalue weighted by Gasteiger charge is 2.56. The molecule has 0 radical (unpaired) electrons. The molecule has 2 aliphatic rings. The van der Waals surface area contributed by atoms with Gasteiger partial charge in [-0.25, -0.2) is 0 Å². The lowest BCUT2D eigenvalue weighted by atomic mass is 9.82. The number of hydrogen-bond acceptors (Lipinski definition) is 3. The fourth-order valence-corrected chi connectivity index (χ4v) is 2.56. The zero-order valence-corrected chi connectivity index (χ0v) is 10.8. The SMILES string of the molecule is CC.CCOC(=O)C1(C2CCNCC2)CC1. The molecule has 0 amide bonds.